The molecule has 2 aromatic rings. The second kappa shape index (κ2) is 11.0. The highest BCUT2D eigenvalue weighted by Gasteiger charge is 2.05. The van der Waals surface area contributed by atoms with E-state index in [2.05, 4.69) is 25.9 Å². The van der Waals surface area contributed by atoms with Gasteiger partial charge < -0.3 is 20.7 Å². The number of carbonyl (C=O) groups is 1. The van der Waals surface area contributed by atoms with Crippen LogP contribution in [-0.2, 0) is 6.42 Å². The van der Waals surface area contributed by atoms with E-state index in [4.69, 9.17) is 16.3 Å². The topological polar surface area (TPSA) is 87.6 Å². The standard InChI is InChI=1S/C19H24ClN5O2/c1-21-19(23-10-9-14-3-8-17(20)25-13-14)24-12-11-22-18(26)15-4-6-16(27-2)7-5-15/h3-8,13H,9-12H2,1-2H3,(H,22,26)(H2,21,23,24). The maximum atomic E-state index is 12.1. The van der Waals surface area contributed by atoms with E-state index in [0.717, 1.165) is 17.7 Å². The molecule has 0 atom stereocenters. The minimum absolute atomic E-state index is 0.127. The molecule has 0 aliphatic rings. The second-order valence-electron chi connectivity index (χ2n) is 5.65. The van der Waals surface area contributed by atoms with E-state index < -0.39 is 0 Å². The third-order valence-corrected chi connectivity index (χ3v) is 4.00. The summed E-state index contributed by atoms with van der Waals surface area (Å²) < 4.78 is 5.08. The predicted molar refractivity (Wildman–Crippen MR) is 108 cm³/mol. The van der Waals surface area contributed by atoms with Gasteiger partial charge in [-0.15, -0.1) is 0 Å². The first-order valence-electron chi connectivity index (χ1n) is 8.59. The summed E-state index contributed by atoms with van der Waals surface area (Å²) in [4.78, 5) is 20.3. The number of nitrogens with one attached hydrogen (secondary N) is 3. The molecule has 0 bridgehead atoms. The second-order valence-corrected chi connectivity index (χ2v) is 6.04. The third kappa shape index (κ3) is 7.15. The number of halogens is 1. The Morgan fingerprint density at radius 1 is 1.07 bits per heavy atom. The SMILES string of the molecule is CN=C(NCCNC(=O)c1ccc(OC)cc1)NCCc1ccc(Cl)nc1. The van der Waals surface area contributed by atoms with Crippen molar-refractivity contribution < 1.29 is 9.53 Å². The van der Waals surface area contributed by atoms with Gasteiger partial charge in [0.2, 0.25) is 0 Å². The molecule has 0 unspecified atom stereocenters. The Bertz CT molecular complexity index is 748. The average molecular weight is 390 g/mol. The van der Waals surface area contributed by atoms with Crippen LogP contribution in [0.1, 0.15) is 15.9 Å². The zero-order chi connectivity index (χ0) is 19.5. The normalized spacial score (nSPS) is 11.0. The van der Waals surface area contributed by atoms with E-state index in [1.165, 1.54) is 0 Å². The molecular formula is C19H24ClN5O2. The molecule has 0 aliphatic carbocycles. The molecule has 27 heavy (non-hydrogen) atoms. The van der Waals surface area contributed by atoms with Crippen molar-refractivity contribution in [2.75, 3.05) is 33.8 Å². The molecule has 3 N–H and O–H groups in total. The fourth-order valence-corrected chi connectivity index (χ4v) is 2.41. The first kappa shape index (κ1) is 20.5. The fourth-order valence-electron chi connectivity index (χ4n) is 2.30. The molecule has 1 amide bonds. The van der Waals surface area contributed by atoms with Gasteiger partial charge in [0.05, 0.1) is 7.11 Å². The molecular weight excluding hydrogens is 366 g/mol. The van der Waals surface area contributed by atoms with Crippen LogP contribution in [-0.4, -0.2) is 50.6 Å². The van der Waals surface area contributed by atoms with Gasteiger partial charge in [-0.05, 0) is 42.3 Å². The van der Waals surface area contributed by atoms with Crippen LogP contribution in [0.3, 0.4) is 0 Å². The lowest BCUT2D eigenvalue weighted by molar-refractivity contribution is 0.0954. The highest BCUT2D eigenvalue weighted by Crippen LogP contribution is 2.10. The minimum atomic E-state index is -0.127. The largest absolute Gasteiger partial charge is 0.497 e. The van der Waals surface area contributed by atoms with Crippen LogP contribution in [0.5, 0.6) is 5.75 Å². The quantitative estimate of drug-likeness (QED) is 0.278. The molecule has 1 heterocycles. The van der Waals surface area contributed by atoms with Crippen molar-refractivity contribution in [3.05, 3.63) is 58.9 Å². The molecule has 0 spiro atoms. The van der Waals surface area contributed by atoms with Crippen molar-refractivity contribution in [1.82, 2.24) is 20.9 Å². The maximum Gasteiger partial charge on any atom is 0.251 e. The van der Waals surface area contributed by atoms with Crippen LogP contribution in [0.2, 0.25) is 5.15 Å². The number of hydrogen-bond acceptors (Lipinski definition) is 4. The van der Waals surface area contributed by atoms with Gasteiger partial charge in [0, 0.05) is 38.4 Å². The van der Waals surface area contributed by atoms with Gasteiger partial charge in [0.1, 0.15) is 10.9 Å². The Balaban J connectivity index is 1.65. The number of nitrogens with zero attached hydrogens (tertiary/aromatic N) is 2. The summed E-state index contributed by atoms with van der Waals surface area (Å²) in [6.07, 6.45) is 2.56. The monoisotopic (exact) mass is 389 g/mol. The zero-order valence-electron chi connectivity index (χ0n) is 15.5. The number of aromatic nitrogens is 1. The van der Waals surface area contributed by atoms with Gasteiger partial charge in [-0.25, -0.2) is 4.98 Å². The number of hydrogen-bond donors (Lipinski definition) is 3. The molecule has 144 valence electrons. The van der Waals surface area contributed by atoms with Gasteiger partial charge >= 0.3 is 0 Å². The Kier molecular flexibility index (Phi) is 8.38. The van der Waals surface area contributed by atoms with Crippen molar-refractivity contribution in [2.45, 2.75) is 6.42 Å². The Labute approximate surface area is 164 Å². The van der Waals surface area contributed by atoms with Crippen LogP contribution in [0.4, 0.5) is 0 Å². The van der Waals surface area contributed by atoms with Crippen molar-refractivity contribution in [3.63, 3.8) is 0 Å². The number of rotatable bonds is 8. The molecule has 2 rings (SSSR count). The van der Waals surface area contributed by atoms with Gasteiger partial charge in [-0.3, -0.25) is 9.79 Å². The van der Waals surface area contributed by atoms with Gasteiger partial charge in [-0.2, -0.15) is 0 Å². The smallest absolute Gasteiger partial charge is 0.251 e. The summed E-state index contributed by atoms with van der Waals surface area (Å²) in [5.41, 5.74) is 1.68. The average Bonchev–Trinajstić information content (AvgIpc) is 2.71. The number of methoxy groups -OCH3 is 1. The molecule has 1 aromatic heterocycles. The molecule has 0 saturated carbocycles. The van der Waals surface area contributed by atoms with Crippen LogP contribution >= 0.6 is 11.6 Å². The van der Waals surface area contributed by atoms with Crippen molar-refractivity contribution in [1.29, 1.82) is 0 Å². The van der Waals surface area contributed by atoms with Gasteiger partial charge in [-0.1, -0.05) is 17.7 Å². The fraction of sp³-hybridized carbons (Fsp3) is 0.316. The lowest BCUT2D eigenvalue weighted by Crippen LogP contribution is -2.42. The summed E-state index contributed by atoms with van der Waals surface area (Å²) in [6.45, 7) is 1.75. The lowest BCUT2D eigenvalue weighted by atomic mass is 10.2. The maximum absolute atomic E-state index is 12.1. The summed E-state index contributed by atoms with van der Waals surface area (Å²) in [6, 6.07) is 10.7. The van der Waals surface area contributed by atoms with Crippen LogP contribution in [0.25, 0.3) is 0 Å². The van der Waals surface area contributed by atoms with Crippen LogP contribution in [0.15, 0.2) is 47.6 Å². The number of guanidine groups is 1. The summed E-state index contributed by atoms with van der Waals surface area (Å²) in [5.74, 6) is 1.27. The molecule has 7 nitrogen and oxygen atoms in total. The molecule has 1 aromatic carbocycles. The van der Waals surface area contributed by atoms with E-state index >= 15 is 0 Å². The molecule has 0 radical (unpaired) electrons. The number of ether oxygens (including phenoxy) is 1. The van der Waals surface area contributed by atoms with Crippen molar-refractivity contribution >= 4 is 23.5 Å². The number of benzene rings is 1. The predicted octanol–water partition coefficient (Wildman–Crippen LogP) is 1.88. The highest BCUT2D eigenvalue weighted by molar-refractivity contribution is 6.29. The minimum Gasteiger partial charge on any atom is -0.497 e. The van der Waals surface area contributed by atoms with Crippen LogP contribution in [0, 0.1) is 0 Å². The molecule has 8 heteroatoms. The van der Waals surface area contributed by atoms with Crippen molar-refractivity contribution in [3.8, 4) is 5.75 Å². The summed E-state index contributed by atoms with van der Waals surface area (Å²) >= 11 is 5.77. The number of carbonyl (C=O) groups excluding carboxylic acids is 1. The summed E-state index contributed by atoms with van der Waals surface area (Å²) in [7, 11) is 3.29. The molecule has 0 fully saturated rings. The molecule has 0 saturated heterocycles. The Morgan fingerprint density at radius 2 is 1.78 bits per heavy atom. The number of amides is 1. The number of pyridine rings is 1. The van der Waals surface area contributed by atoms with E-state index in [-0.39, 0.29) is 5.91 Å². The number of aliphatic imine (C=N–C) groups is 1. The Morgan fingerprint density at radius 3 is 2.41 bits per heavy atom. The Hall–Kier alpha value is -2.80. The van der Waals surface area contributed by atoms with Crippen molar-refractivity contribution in [2.24, 2.45) is 4.99 Å². The molecule has 0 aliphatic heterocycles. The van der Waals surface area contributed by atoms with E-state index in [1.807, 2.05) is 6.07 Å². The van der Waals surface area contributed by atoms with Gasteiger partial charge in [0.15, 0.2) is 5.96 Å². The first-order valence-corrected chi connectivity index (χ1v) is 8.97. The van der Waals surface area contributed by atoms with E-state index in [1.54, 1.807) is 50.7 Å². The zero-order valence-corrected chi connectivity index (χ0v) is 16.2. The third-order valence-electron chi connectivity index (χ3n) is 3.77. The first-order chi connectivity index (χ1) is 13.1. The summed E-state index contributed by atoms with van der Waals surface area (Å²) in [5, 5.41) is 9.72. The van der Waals surface area contributed by atoms with Gasteiger partial charge in [0.25, 0.3) is 5.91 Å². The van der Waals surface area contributed by atoms with E-state index in [9.17, 15) is 4.79 Å². The van der Waals surface area contributed by atoms with Crippen LogP contribution < -0.4 is 20.7 Å². The lowest BCUT2D eigenvalue weighted by Gasteiger charge is -2.12. The van der Waals surface area contributed by atoms with E-state index in [0.29, 0.717) is 36.3 Å². The highest BCUT2D eigenvalue weighted by atomic mass is 35.5.